The minimum atomic E-state index is -0.833. The molecule has 1 aromatic rings. The molecule has 0 unspecified atom stereocenters. The van der Waals surface area contributed by atoms with Crippen molar-refractivity contribution in [1.29, 1.82) is 0 Å². The third kappa shape index (κ3) is 2.30. The monoisotopic (exact) mass is 246 g/mol. The van der Waals surface area contributed by atoms with Gasteiger partial charge in [-0.15, -0.1) is 0 Å². The lowest BCUT2D eigenvalue weighted by Crippen LogP contribution is -2.26. The van der Waals surface area contributed by atoms with E-state index in [2.05, 4.69) is 0 Å². The molecule has 0 radical (unpaired) electrons. The molecule has 0 bridgehead atoms. The van der Waals surface area contributed by atoms with Crippen molar-refractivity contribution in [2.24, 2.45) is 11.8 Å². The molecule has 3 heteroatoms. The van der Waals surface area contributed by atoms with Gasteiger partial charge in [0, 0.05) is 11.5 Å². The third-order valence-corrected chi connectivity index (χ3v) is 3.83. The van der Waals surface area contributed by atoms with E-state index in [0.29, 0.717) is 18.4 Å². The van der Waals surface area contributed by atoms with E-state index in [9.17, 15) is 9.59 Å². The second-order valence-corrected chi connectivity index (χ2v) is 4.86. The van der Waals surface area contributed by atoms with Crippen molar-refractivity contribution < 1.29 is 14.7 Å². The Labute approximate surface area is 107 Å². The van der Waals surface area contributed by atoms with Gasteiger partial charge in [-0.25, -0.2) is 0 Å². The van der Waals surface area contributed by atoms with Crippen molar-refractivity contribution in [3.63, 3.8) is 0 Å². The summed E-state index contributed by atoms with van der Waals surface area (Å²) in [5.41, 5.74) is 1.72. The largest absolute Gasteiger partial charge is 0.481 e. The van der Waals surface area contributed by atoms with Crippen molar-refractivity contribution in [1.82, 2.24) is 0 Å². The van der Waals surface area contributed by atoms with Gasteiger partial charge in [0.25, 0.3) is 0 Å². The average molecular weight is 246 g/mol. The molecule has 18 heavy (non-hydrogen) atoms. The number of aryl methyl sites for hydroxylation is 1. The number of hydrogen-bond donors (Lipinski definition) is 1. The van der Waals surface area contributed by atoms with Crippen LogP contribution in [-0.2, 0) is 11.2 Å². The normalized spacial score (nSPS) is 22.9. The van der Waals surface area contributed by atoms with Crippen LogP contribution in [0.2, 0.25) is 0 Å². The van der Waals surface area contributed by atoms with E-state index in [0.717, 1.165) is 18.4 Å². The molecule has 1 fully saturated rings. The highest BCUT2D eigenvalue weighted by Crippen LogP contribution is 2.35. The highest BCUT2D eigenvalue weighted by atomic mass is 16.4. The molecule has 3 nitrogen and oxygen atoms in total. The highest BCUT2D eigenvalue weighted by molar-refractivity contribution is 6.01. The van der Waals surface area contributed by atoms with Crippen LogP contribution in [0.3, 0.4) is 0 Å². The fourth-order valence-corrected chi connectivity index (χ4v) is 2.84. The zero-order valence-electron chi connectivity index (χ0n) is 10.6. The van der Waals surface area contributed by atoms with E-state index in [1.807, 2.05) is 31.2 Å². The predicted molar refractivity (Wildman–Crippen MR) is 68.6 cm³/mol. The lowest BCUT2D eigenvalue weighted by atomic mass is 9.86. The lowest BCUT2D eigenvalue weighted by Gasteiger charge is -2.16. The first-order valence-corrected chi connectivity index (χ1v) is 6.50. The summed E-state index contributed by atoms with van der Waals surface area (Å²) in [7, 11) is 0. The van der Waals surface area contributed by atoms with Crippen LogP contribution in [-0.4, -0.2) is 16.9 Å². The van der Waals surface area contributed by atoms with Crippen LogP contribution in [0.1, 0.15) is 42.1 Å². The maximum Gasteiger partial charge on any atom is 0.307 e. The Bertz CT molecular complexity index is 465. The van der Waals surface area contributed by atoms with Crippen molar-refractivity contribution in [3.8, 4) is 0 Å². The van der Waals surface area contributed by atoms with E-state index < -0.39 is 11.9 Å². The molecular weight excluding hydrogens is 228 g/mol. The van der Waals surface area contributed by atoms with Crippen LogP contribution in [0.15, 0.2) is 24.3 Å². The fraction of sp³-hybridized carbons (Fsp3) is 0.467. The first-order chi connectivity index (χ1) is 8.65. The summed E-state index contributed by atoms with van der Waals surface area (Å²) in [6.45, 7) is 2.01. The van der Waals surface area contributed by atoms with Gasteiger partial charge < -0.3 is 5.11 Å². The summed E-state index contributed by atoms with van der Waals surface area (Å²) in [6, 6.07) is 7.52. The number of rotatable bonds is 4. The topological polar surface area (TPSA) is 54.4 Å². The summed E-state index contributed by atoms with van der Waals surface area (Å²) < 4.78 is 0. The Balaban J connectivity index is 2.28. The zero-order chi connectivity index (χ0) is 13.1. The van der Waals surface area contributed by atoms with E-state index in [4.69, 9.17) is 5.11 Å². The Morgan fingerprint density at radius 3 is 2.56 bits per heavy atom. The van der Waals surface area contributed by atoms with Gasteiger partial charge in [0.2, 0.25) is 0 Å². The Morgan fingerprint density at radius 2 is 1.89 bits per heavy atom. The highest BCUT2D eigenvalue weighted by Gasteiger charge is 2.38. The molecule has 1 aliphatic carbocycles. The van der Waals surface area contributed by atoms with Crippen LogP contribution in [0.25, 0.3) is 0 Å². The minimum Gasteiger partial charge on any atom is -0.481 e. The molecule has 1 aliphatic rings. The van der Waals surface area contributed by atoms with E-state index in [-0.39, 0.29) is 11.7 Å². The molecule has 0 aromatic heterocycles. The fourth-order valence-electron chi connectivity index (χ4n) is 2.84. The summed E-state index contributed by atoms with van der Waals surface area (Å²) in [6.07, 6.45) is 2.96. The molecule has 0 saturated heterocycles. The molecule has 2 rings (SSSR count). The van der Waals surface area contributed by atoms with Gasteiger partial charge in [-0.05, 0) is 24.8 Å². The number of ketones is 1. The Morgan fingerprint density at radius 1 is 1.22 bits per heavy atom. The molecule has 1 saturated carbocycles. The number of carbonyl (C=O) groups excluding carboxylic acids is 1. The molecule has 96 valence electrons. The van der Waals surface area contributed by atoms with Gasteiger partial charge in [0.15, 0.2) is 5.78 Å². The minimum absolute atomic E-state index is 0.0114. The quantitative estimate of drug-likeness (QED) is 0.831. The maximum atomic E-state index is 12.5. The Hall–Kier alpha value is -1.64. The van der Waals surface area contributed by atoms with Gasteiger partial charge in [0.05, 0.1) is 5.92 Å². The number of carbonyl (C=O) groups is 2. The van der Waals surface area contributed by atoms with Gasteiger partial charge in [0.1, 0.15) is 0 Å². The smallest absolute Gasteiger partial charge is 0.307 e. The van der Waals surface area contributed by atoms with Crippen molar-refractivity contribution in [3.05, 3.63) is 35.4 Å². The maximum absolute atomic E-state index is 12.5. The van der Waals surface area contributed by atoms with Crippen LogP contribution in [0.4, 0.5) is 0 Å². The van der Waals surface area contributed by atoms with Gasteiger partial charge in [-0.2, -0.15) is 0 Å². The lowest BCUT2D eigenvalue weighted by molar-refractivity contribution is -0.142. The van der Waals surface area contributed by atoms with Gasteiger partial charge in [-0.3, -0.25) is 9.59 Å². The number of aliphatic carboxylic acids is 1. The van der Waals surface area contributed by atoms with Gasteiger partial charge >= 0.3 is 5.97 Å². The number of Topliss-reactive ketones (excluding diaryl/α,β-unsaturated/α-hetero) is 1. The molecule has 1 aromatic carbocycles. The van der Waals surface area contributed by atoms with Crippen LogP contribution >= 0.6 is 0 Å². The SMILES string of the molecule is CCc1ccccc1C(=O)[C@@H]1CCC[C@H]1C(=O)O. The second kappa shape index (κ2) is 5.34. The Kier molecular flexibility index (Phi) is 3.80. The number of benzene rings is 1. The van der Waals surface area contributed by atoms with E-state index >= 15 is 0 Å². The molecule has 0 heterocycles. The van der Waals surface area contributed by atoms with Crippen LogP contribution in [0, 0.1) is 11.8 Å². The first kappa shape index (κ1) is 12.8. The molecule has 2 atom stereocenters. The average Bonchev–Trinajstić information content (AvgIpc) is 2.87. The van der Waals surface area contributed by atoms with Crippen molar-refractivity contribution in [2.45, 2.75) is 32.6 Å². The molecule has 0 spiro atoms. The van der Waals surface area contributed by atoms with E-state index in [1.54, 1.807) is 0 Å². The van der Waals surface area contributed by atoms with Gasteiger partial charge in [-0.1, -0.05) is 37.6 Å². The standard InChI is InChI=1S/C15H18O3/c1-2-10-6-3-4-7-11(10)14(16)12-8-5-9-13(12)15(17)18/h3-4,6-7,12-13H,2,5,8-9H2,1H3,(H,17,18)/t12-,13-/m1/s1. The molecular formula is C15H18O3. The summed E-state index contributed by atoms with van der Waals surface area (Å²) in [5, 5.41) is 9.15. The number of carboxylic acids is 1. The molecule has 0 amide bonds. The van der Waals surface area contributed by atoms with E-state index in [1.165, 1.54) is 0 Å². The molecule has 0 aliphatic heterocycles. The third-order valence-electron chi connectivity index (χ3n) is 3.83. The number of carboxylic acid groups (broad SMARTS) is 1. The predicted octanol–water partition coefficient (Wildman–Crippen LogP) is 2.93. The summed E-state index contributed by atoms with van der Waals surface area (Å²) >= 11 is 0. The molecule has 1 N–H and O–H groups in total. The van der Waals surface area contributed by atoms with Crippen molar-refractivity contribution in [2.75, 3.05) is 0 Å². The van der Waals surface area contributed by atoms with Crippen LogP contribution < -0.4 is 0 Å². The van der Waals surface area contributed by atoms with Crippen LogP contribution in [0.5, 0.6) is 0 Å². The summed E-state index contributed by atoms with van der Waals surface area (Å²) in [4.78, 5) is 23.6. The second-order valence-electron chi connectivity index (χ2n) is 4.86. The zero-order valence-corrected chi connectivity index (χ0v) is 10.6. The summed E-state index contributed by atoms with van der Waals surface area (Å²) in [5.74, 6) is -1.66. The number of hydrogen-bond acceptors (Lipinski definition) is 2. The van der Waals surface area contributed by atoms with Crippen molar-refractivity contribution >= 4 is 11.8 Å². The first-order valence-electron chi connectivity index (χ1n) is 6.50.